The zero-order chi connectivity index (χ0) is 75.7. The molecule has 5 heteroatoms. The van der Waals surface area contributed by atoms with Crippen LogP contribution in [0, 0.1) is 0 Å². The highest BCUT2D eigenvalue weighted by Crippen LogP contribution is 2.48. The third-order valence-corrected chi connectivity index (χ3v) is 21.6. The first-order valence-electron chi connectivity index (χ1n) is 38.2. The van der Waals surface area contributed by atoms with Gasteiger partial charge in [0.15, 0.2) is 0 Å². The van der Waals surface area contributed by atoms with E-state index < -0.39 is 0 Å². The molecule has 0 atom stereocenters. The predicted octanol–water partition coefficient (Wildman–Crippen LogP) is 31.5. The Labute approximate surface area is 667 Å². The molecule has 0 bridgehead atoms. The fourth-order valence-electron chi connectivity index (χ4n) is 15.4. The molecule has 20 aromatic rings. The highest BCUT2D eigenvalue weighted by molar-refractivity contribution is 9.10. The number of hydrogen-bond acceptors (Lipinski definition) is 4. The fourth-order valence-corrected chi connectivity index (χ4v) is 15.9. The number of para-hydroxylation sites is 5. The number of fused-ring (bicyclic) bond motifs is 6. The molecule has 0 unspecified atom stereocenters. The molecular weight excluding hydrogens is 1440 g/mol. The van der Waals surface area contributed by atoms with Gasteiger partial charge in [-0.05, 0) is 168 Å². The van der Waals surface area contributed by atoms with Gasteiger partial charge in [0.2, 0.25) is 0 Å². The summed E-state index contributed by atoms with van der Waals surface area (Å²) in [4.78, 5) is 2.42. The standard InChI is InChI=1S/C54H37NO.C30H19BrO.C24H19N/c1-4-17-38(18-5-1)41-23-15-26-45(36-41)55(51-31-12-10-27-46(51)40-21-8-3-9-22-40)52-32-13-11-28-47(52)43-24-14-25-44(35-43)48-29-16-30-49-50-37-42(39-19-6-2-7-20-39)33-34-53(50)56-54(48)49;31-28-15-5-4-12-24(28)22-10-6-11-23(18-22)25-13-7-14-26-27-19-21(20-8-2-1-3-9-20)16-17-29(27)32-30(25)26;1-3-9-19(10-4-1)20-15-17-22(18-16-20)25-24-14-8-7-13-23(24)21-11-5-2-6-12-21/h1-37H;1-19H;1-18,25H. The normalized spacial score (nSPS) is 11.1. The second-order valence-electron chi connectivity index (χ2n) is 28.0. The van der Waals surface area contributed by atoms with Crippen molar-refractivity contribution in [3.63, 3.8) is 0 Å². The van der Waals surface area contributed by atoms with E-state index in [1.165, 1.54) is 72.3 Å². The number of furan rings is 2. The average Bonchev–Trinajstić information content (AvgIpc) is 1.75. The van der Waals surface area contributed by atoms with E-state index in [2.05, 4.69) is 451 Å². The van der Waals surface area contributed by atoms with Crippen LogP contribution in [0.15, 0.2) is 462 Å². The minimum Gasteiger partial charge on any atom is -0.455 e. The third kappa shape index (κ3) is 15.0. The Balaban J connectivity index is 0.000000131. The van der Waals surface area contributed by atoms with Crippen molar-refractivity contribution < 1.29 is 8.83 Å². The van der Waals surface area contributed by atoms with Gasteiger partial charge < -0.3 is 19.1 Å². The molecule has 18 aromatic carbocycles. The van der Waals surface area contributed by atoms with Gasteiger partial charge in [0, 0.05) is 70.9 Å². The van der Waals surface area contributed by atoms with Crippen molar-refractivity contribution in [2.75, 3.05) is 10.2 Å². The summed E-state index contributed by atoms with van der Waals surface area (Å²) in [6, 6.07) is 158. The van der Waals surface area contributed by atoms with E-state index in [4.69, 9.17) is 8.83 Å². The summed E-state index contributed by atoms with van der Waals surface area (Å²) in [6.45, 7) is 0. The first-order chi connectivity index (χ1) is 56.0. The summed E-state index contributed by atoms with van der Waals surface area (Å²) in [5.41, 5.74) is 32.5. The van der Waals surface area contributed by atoms with E-state index in [0.717, 1.165) is 116 Å². The predicted molar refractivity (Wildman–Crippen MR) is 480 cm³/mol. The van der Waals surface area contributed by atoms with E-state index >= 15 is 0 Å². The van der Waals surface area contributed by atoms with Crippen LogP contribution in [0.5, 0.6) is 0 Å². The lowest BCUT2D eigenvalue weighted by atomic mass is 9.95. The molecule has 0 aliphatic rings. The topological polar surface area (TPSA) is 41.6 Å². The van der Waals surface area contributed by atoms with Crippen LogP contribution in [0.4, 0.5) is 28.4 Å². The van der Waals surface area contributed by atoms with E-state index in [0.29, 0.717) is 0 Å². The van der Waals surface area contributed by atoms with Crippen LogP contribution in [-0.4, -0.2) is 0 Å². The zero-order valence-corrected chi connectivity index (χ0v) is 63.5. The van der Waals surface area contributed by atoms with Crippen LogP contribution >= 0.6 is 15.9 Å². The summed E-state index contributed by atoms with van der Waals surface area (Å²) >= 11 is 3.68. The quantitative estimate of drug-likeness (QED) is 0.111. The zero-order valence-electron chi connectivity index (χ0n) is 61.9. The molecule has 1 N–H and O–H groups in total. The van der Waals surface area contributed by atoms with Gasteiger partial charge >= 0.3 is 0 Å². The number of halogens is 1. The van der Waals surface area contributed by atoms with Crippen LogP contribution in [0.3, 0.4) is 0 Å². The van der Waals surface area contributed by atoms with Crippen molar-refractivity contribution in [1.29, 1.82) is 0 Å². The van der Waals surface area contributed by atoms with Gasteiger partial charge in [-0.1, -0.05) is 380 Å². The second kappa shape index (κ2) is 32.4. The van der Waals surface area contributed by atoms with Crippen LogP contribution in [0.1, 0.15) is 0 Å². The van der Waals surface area contributed by atoms with Crippen LogP contribution in [0.2, 0.25) is 0 Å². The second-order valence-corrected chi connectivity index (χ2v) is 28.9. The maximum atomic E-state index is 6.65. The van der Waals surface area contributed by atoms with Gasteiger partial charge in [-0.15, -0.1) is 0 Å². The maximum absolute atomic E-state index is 6.65. The first-order valence-corrected chi connectivity index (χ1v) is 39.0. The SMILES string of the molecule is Brc1ccccc1-c1cccc(-c2cccc3c2oc2ccc(-c4ccccc4)cc23)c1.c1ccc(-c2ccc(Nc3ccccc3-c3ccccc3)cc2)cc1.c1ccc(-c2cccc(N(c3ccccc3-c3ccccc3)c3ccccc3-c3cccc(-c4cccc5c4oc4ccc(-c6ccccc6)cc45)c3)c2)cc1. The minimum absolute atomic E-state index is 0.888. The van der Waals surface area contributed by atoms with Gasteiger partial charge in [0.25, 0.3) is 0 Å². The van der Waals surface area contributed by atoms with E-state index in [-0.39, 0.29) is 0 Å². The Morgan fingerprint density at radius 2 is 0.522 bits per heavy atom. The number of nitrogens with one attached hydrogen (secondary N) is 1. The summed E-state index contributed by atoms with van der Waals surface area (Å²) < 4.78 is 14.1. The molecule has 2 aromatic heterocycles. The lowest BCUT2D eigenvalue weighted by molar-refractivity contribution is 0.669. The van der Waals surface area contributed by atoms with Crippen molar-refractivity contribution in [3.05, 3.63) is 453 Å². The highest BCUT2D eigenvalue weighted by atomic mass is 79.9. The Bertz CT molecular complexity index is 6700. The molecule has 2 heterocycles. The van der Waals surface area contributed by atoms with Crippen molar-refractivity contribution in [2.45, 2.75) is 0 Å². The molecule has 0 spiro atoms. The largest absolute Gasteiger partial charge is 0.455 e. The molecule has 4 nitrogen and oxygen atoms in total. The Kier molecular flexibility index (Phi) is 20.2. The molecule has 0 aliphatic heterocycles. The summed E-state index contributed by atoms with van der Waals surface area (Å²) in [5, 5.41) is 8.07. The summed E-state index contributed by atoms with van der Waals surface area (Å²) in [6.07, 6.45) is 0. The van der Waals surface area contributed by atoms with Crippen molar-refractivity contribution in [3.8, 4) is 111 Å². The number of hydrogen-bond donors (Lipinski definition) is 1. The molecule has 113 heavy (non-hydrogen) atoms. The molecule has 0 aliphatic carbocycles. The van der Waals surface area contributed by atoms with Crippen LogP contribution in [-0.2, 0) is 0 Å². The van der Waals surface area contributed by atoms with Crippen molar-refractivity contribution in [1.82, 2.24) is 0 Å². The Morgan fingerprint density at radius 3 is 1.01 bits per heavy atom. The smallest absolute Gasteiger partial charge is 0.143 e. The van der Waals surface area contributed by atoms with Gasteiger partial charge in [-0.25, -0.2) is 0 Å². The summed E-state index contributed by atoms with van der Waals surface area (Å²) in [7, 11) is 0. The molecule has 0 radical (unpaired) electrons. The van der Waals surface area contributed by atoms with Gasteiger partial charge in [0.1, 0.15) is 22.3 Å². The number of benzene rings is 18. The van der Waals surface area contributed by atoms with Crippen LogP contribution in [0.25, 0.3) is 155 Å². The molecule has 0 fully saturated rings. The van der Waals surface area contributed by atoms with E-state index in [1.807, 2.05) is 24.3 Å². The fraction of sp³-hybridized carbons (Fsp3) is 0. The van der Waals surface area contributed by atoms with Crippen LogP contribution < -0.4 is 10.2 Å². The highest BCUT2D eigenvalue weighted by Gasteiger charge is 2.23. The first kappa shape index (κ1) is 70.3. The molecule has 20 rings (SSSR count). The molecule has 536 valence electrons. The minimum atomic E-state index is 0.888. The maximum Gasteiger partial charge on any atom is 0.143 e. The number of rotatable bonds is 15. The molecule has 0 amide bonds. The lowest BCUT2D eigenvalue weighted by Crippen LogP contribution is -2.12. The Morgan fingerprint density at radius 1 is 0.204 bits per heavy atom. The van der Waals surface area contributed by atoms with E-state index in [9.17, 15) is 0 Å². The molecule has 0 saturated heterocycles. The molecule has 0 saturated carbocycles. The lowest BCUT2D eigenvalue weighted by Gasteiger charge is -2.30. The number of anilines is 5. The van der Waals surface area contributed by atoms with Gasteiger partial charge in [-0.2, -0.15) is 0 Å². The van der Waals surface area contributed by atoms with Crippen molar-refractivity contribution >= 4 is 88.2 Å². The van der Waals surface area contributed by atoms with Gasteiger partial charge in [0.05, 0.1) is 11.4 Å². The monoisotopic (exact) mass is 1510 g/mol. The summed E-state index contributed by atoms with van der Waals surface area (Å²) in [5.74, 6) is 0. The Hall–Kier alpha value is -14.4. The van der Waals surface area contributed by atoms with E-state index in [1.54, 1.807) is 0 Å². The average molecular weight is 1510 g/mol. The molecular formula is C108H75BrN2O2. The number of nitrogens with zero attached hydrogens (tertiary/aromatic N) is 1. The third-order valence-electron chi connectivity index (χ3n) is 20.9. The van der Waals surface area contributed by atoms with Crippen molar-refractivity contribution in [2.24, 2.45) is 0 Å². The van der Waals surface area contributed by atoms with Gasteiger partial charge in [-0.3, -0.25) is 0 Å².